The molecule has 0 amide bonds. The van der Waals surface area contributed by atoms with E-state index in [1.807, 2.05) is 0 Å². The molecular weight excluding hydrogens is 711 g/mol. The normalized spacial score (nSPS) is 14.0. The van der Waals surface area contributed by atoms with E-state index in [-0.39, 0.29) is 10.8 Å². The van der Waals surface area contributed by atoms with Gasteiger partial charge in [-0.2, -0.15) is 0 Å². The highest BCUT2D eigenvalue weighted by Gasteiger charge is 2.38. The maximum Gasteiger partial charge on any atom is 0.0540 e. The van der Waals surface area contributed by atoms with Crippen LogP contribution in [0.15, 0.2) is 200 Å². The van der Waals surface area contributed by atoms with E-state index in [9.17, 15) is 0 Å². The molecule has 1 nitrogen and oxygen atoms in total. The lowest BCUT2D eigenvalue weighted by molar-refractivity contribution is 0.660. The van der Waals surface area contributed by atoms with E-state index in [4.69, 9.17) is 0 Å². The number of anilines is 3. The zero-order valence-corrected chi connectivity index (χ0v) is 34.0. The quantitative estimate of drug-likeness (QED) is 0.163. The van der Waals surface area contributed by atoms with E-state index in [1.165, 1.54) is 88.7 Å². The van der Waals surface area contributed by atoms with Crippen molar-refractivity contribution in [2.24, 2.45) is 0 Å². The predicted molar refractivity (Wildman–Crippen MR) is 250 cm³/mol. The molecule has 0 spiro atoms. The summed E-state index contributed by atoms with van der Waals surface area (Å²) in [7, 11) is 0. The van der Waals surface area contributed by atoms with Crippen LogP contribution in [-0.4, -0.2) is 0 Å². The van der Waals surface area contributed by atoms with Crippen LogP contribution in [0, 0.1) is 0 Å². The minimum atomic E-state index is -0.0995. The molecule has 0 saturated heterocycles. The molecule has 9 aromatic carbocycles. The third-order valence-electron chi connectivity index (χ3n) is 13.3. The van der Waals surface area contributed by atoms with Gasteiger partial charge in [-0.3, -0.25) is 0 Å². The van der Waals surface area contributed by atoms with Crippen LogP contribution < -0.4 is 4.90 Å². The van der Waals surface area contributed by atoms with Crippen molar-refractivity contribution < 1.29 is 0 Å². The molecule has 0 atom stereocenters. The molecule has 0 radical (unpaired) electrons. The SMILES string of the molecule is CC1(C)c2ccccc2-c2ccc(-c3cccc(N(c4ccccc4-c4cccc5c4-c4ccccc4C5(C)C)c4ccccc4-c4cccc5ccccc45)c3)cc21. The largest absolute Gasteiger partial charge is 0.309 e. The van der Waals surface area contributed by atoms with Crippen LogP contribution >= 0.6 is 0 Å². The zero-order chi connectivity index (χ0) is 39.9. The van der Waals surface area contributed by atoms with Gasteiger partial charge in [-0.05, 0) is 108 Å². The van der Waals surface area contributed by atoms with Gasteiger partial charge in [0.2, 0.25) is 0 Å². The summed E-state index contributed by atoms with van der Waals surface area (Å²) in [4.78, 5) is 2.51. The van der Waals surface area contributed by atoms with Gasteiger partial charge in [0.25, 0.3) is 0 Å². The molecule has 0 heterocycles. The Balaban J connectivity index is 1.14. The molecule has 0 aromatic heterocycles. The smallest absolute Gasteiger partial charge is 0.0540 e. The third kappa shape index (κ3) is 5.38. The Bertz CT molecular complexity index is 3120. The standard InChI is InChI=1S/C58H45N/c1-57(2)51-30-12-8-26-49(51)56-48(28-17-31-52(56)57)47-25-10-14-33-55(47)59(54-32-13-9-24-46(54)43-27-16-19-38-18-5-6-22-42(38)43)41-21-15-20-39(36-41)40-34-35-45-44-23-7-11-29-50(44)58(3,4)53(45)37-40/h5-37H,1-4H3. The minimum absolute atomic E-state index is 0.0783. The maximum atomic E-state index is 2.51. The monoisotopic (exact) mass is 755 g/mol. The van der Waals surface area contributed by atoms with Crippen LogP contribution in [0.25, 0.3) is 66.4 Å². The second kappa shape index (κ2) is 13.3. The molecule has 0 saturated carbocycles. The highest BCUT2D eigenvalue weighted by Crippen LogP contribution is 2.55. The van der Waals surface area contributed by atoms with E-state index in [2.05, 4.69) is 233 Å². The first-order valence-electron chi connectivity index (χ1n) is 20.9. The number of nitrogens with zero attached hydrogens (tertiary/aromatic N) is 1. The van der Waals surface area contributed by atoms with Crippen LogP contribution in [0.4, 0.5) is 17.1 Å². The van der Waals surface area contributed by atoms with Crippen molar-refractivity contribution in [3.63, 3.8) is 0 Å². The number of rotatable bonds is 6. The van der Waals surface area contributed by atoms with E-state index in [0.717, 1.165) is 17.1 Å². The molecule has 0 aliphatic heterocycles. The highest BCUT2D eigenvalue weighted by atomic mass is 15.1. The molecule has 0 fully saturated rings. The molecule has 0 bridgehead atoms. The van der Waals surface area contributed by atoms with Crippen molar-refractivity contribution in [3.8, 4) is 55.6 Å². The molecule has 0 N–H and O–H groups in total. The number of hydrogen-bond acceptors (Lipinski definition) is 1. The summed E-state index contributed by atoms with van der Waals surface area (Å²) in [6.07, 6.45) is 0. The molecule has 1 heteroatoms. The van der Waals surface area contributed by atoms with Gasteiger partial charge in [-0.1, -0.05) is 198 Å². The van der Waals surface area contributed by atoms with E-state index in [0.29, 0.717) is 0 Å². The average molecular weight is 756 g/mol. The molecule has 0 unspecified atom stereocenters. The van der Waals surface area contributed by atoms with Crippen LogP contribution in [-0.2, 0) is 10.8 Å². The Morgan fingerprint density at radius 2 is 0.814 bits per heavy atom. The van der Waals surface area contributed by atoms with Gasteiger partial charge in [0.1, 0.15) is 0 Å². The fourth-order valence-electron chi connectivity index (χ4n) is 10.3. The highest BCUT2D eigenvalue weighted by molar-refractivity contribution is 6.04. The van der Waals surface area contributed by atoms with Crippen LogP contribution in [0.5, 0.6) is 0 Å². The van der Waals surface area contributed by atoms with Gasteiger partial charge in [0, 0.05) is 27.6 Å². The number of benzene rings is 9. The number of fused-ring (bicyclic) bond motifs is 7. The fraction of sp³-hybridized carbons (Fsp3) is 0.103. The summed E-state index contributed by atoms with van der Waals surface area (Å²) in [5, 5.41) is 2.47. The van der Waals surface area contributed by atoms with Gasteiger partial charge in [-0.15, -0.1) is 0 Å². The number of para-hydroxylation sites is 2. The van der Waals surface area contributed by atoms with Crippen molar-refractivity contribution in [1.82, 2.24) is 0 Å². The van der Waals surface area contributed by atoms with Crippen molar-refractivity contribution >= 4 is 27.8 Å². The molecule has 11 rings (SSSR count). The zero-order valence-electron chi connectivity index (χ0n) is 34.0. The lowest BCUT2D eigenvalue weighted by Crippen LogP contribution is -2.15. The molecule has 2 aliphatic carbocycles. The summed E-state index contributed by atoms with van der Waals surface area (Å²) >= 11 is 0. The predicted octanol–water partition coefficient (Wildman–Crippen LogP) is 15.9. The van der Waals surface area contributed by atoms with Gasteiger partial charge < -0.3 is 4.90 Å². The lowest BCUT2D eigenvalue weighted by Gasteiger charge is -2.31. The molecule has 59 heavy (non-hydrogen) atoms. The van der Waals surface area contributed by atoms with E-state index >= 15 is 0 Å². The second-order valence-electron chi connectivity index (χ2n) is 17.3. The van der Waals surface area contributed by atoms with Crippen LogP contribution in [0.3, 0.4) is 0 Å². The summed E-state index contributed by atoms with van der Waals surface area (Å²) in [5.74, 6) is 0. The summed E-state index contributed by atoms with van der Waals surface area (Å²) in [6, 6.07) is 74.4. The maximum absolute atomic E-state index is 2.51. The van der Waals surface area contributed by atoms with Gasteiger partial charge in [-0.25, -0.2) is 0 Å². The van der Waals surface area contributed by atoms with E-state index in [1.54, 1.807) is 0 Å². The summed E-state index contributed by atoms with van der Waals surface area (Å²) < 4.78 is 0. The van der Waals surface area contributed by atoms with E-state index < -0.39 is 0 Å². The summed E-state index contributed by atoms with van der Waals surface area (Å²) in [5.41, 5.74) is 21.3. The Morgan fingerprint density at radius 1 is 0.322 bits per heavy atom. The number of hydrogen-bond donors (Lipinski definition) is 0. The Kier molecular flexibility index (Phi) is 7.94. The van der Waals surface area contributed by atoms with Gasteiger partial charge >= 0.3 is 0 Å². The summed E-state index contributed by atoms with van der Waals surface area (Å²) in [6.45, 7) is 9.45. The minimum Gasteiger partial charge on any atom is -0.309 e. The Labute approximate surface area is 347 Å². The average Bonchev–Trinajstić information content (AvgIpc) is 3.66. The van der Waals surface area contributed by atoms with Crippen molar-refractivity contribution in [2.45, 2.75) is 38.5 Å². The molecule has 9 aromatic rings. The Morgan fingerprint density at radius 3 is 1.59 bits per heavy atom. The molecule has 2 aliphatic rings. The molecule has 282 valence electrons. The lowest BCUT2D eigenvalue weighted by atomic mass is 9.81. The van der Waals surface area contributed by atoms with Crippen molar-refractivity contribution in [2.75, 3.05) is 4.90 Å². The molecular formula is C58H45N. The fourth-order valence-corrected chi connectivity index (χ4v) is 10.3. The van der Waals surface area contributed by atoms with Crippen molar-refractivity contribution in [1.29, 1.82) is 0 Å². The first-order chi connectivity index (χ1) is 28.8. The first-order valence-corrected chi connectivity index (χ1v) is 20.9. The van der Waals surface area contributed by atoms with Gasteiger partial charge in [0.15, 0.2) is 0 Å². The van der Waals surface area contributed by atoms with Crippen LogP contribution in [0.1, 0.15) is 49.9 Å². The van der Waals surface area contributed by atoms with Crippen molar-refractivity contribution in [3.05, 3.63) is 222 Å². The van der Waals surface area contributed by atoms with Crippen LogP contribution in [0.2, 0.25) is 0 Å². The topological polar surface area (TPSA) is 3.24 Å². The first kappa shape index (κ1) is 35.2. The third-order valence-corrected chi connectivity index (χ3v) is 13.3. The second-order valence-corrected chi connectivity index (χ2v) is 17.3. The Hall–Kier alpha value is -6.96. The van der Waals surface area contributed by atoms with Gasteiger partial charge in [0.05, 0.1) is 11.4 Å².